The van der Waals surface area contributed by atoms with Crippen molar-refractivity contribution in [1.29, 1.82) is 0 Å². The first-order valence-electron chi connectivity index (χ1n) is 9.87. The first kappa shape index (κ1) is 22.8. The average molecular weight is 475 g/mol. The lowest BCUT2D eigenvalue weighted by atomic mass is 9.97. The fraction of sp³-hybridized carbons (Fsp3) is 0.174. The Bertz CT molecular complexity index is 1290. The van der Waals surface area contributed by atoms with Crippen LogP contribution >= 0.6 is 0 Å². The minimum absolute atomic E-state index is 0.0477. The molecule has 0 spiro atoms. The first-order valence-corrected chi connectivity index (χ1v) is 11.4. The normalized spacial score (nSPS) is 16.6. The van der Waals surface area contributed by atoms with Gasteiger partial charge in [0.15, 0.2) is 0 Å². The Labute approximate surface area is 189 Å². The third kappa shape index (κ3) is 4.86. The van der Waals surface area contributed by atoms with Gasteiger partial charge in [0.25, 0.3) is 0 Å². The van der Waals surface area contributed by atoms with Crippen molar-refractivity contribution in [3.63, 3.8) is 0 Å². The third-order valence-corrected chi connectivity index (χ3v) is 6.29. The summed E-state index contributed by atoms with van der Waals surface area (Å²) in [4.78, 5) is -0.0477. The topological polar surface area (TPSA) is 85.0 Å². The summed E-state index contributed by atoms with van der Waals surface area (Å²) in [6, 6.07) is 17.9. The predicted octanol–water partition coefficient (Wildman–Crippen LogP) is 4.72. The molecule has 1 aliphatic heterocycles. The van der Waals surface area contributed by atoms with E-state index in [0.717, 1.165) is 17.7 Å². The van der Waals surface area contributed by atoms with Crippen molar-refractivity contribution in [2.24, 2.45) is 10.2 Å². The van der Waals surface area contributed by atoms with E-state index in [-0.39, 0.29) is 10.9 Å². The van der Waals surface area contributed by atoms with Gasteiger partial charge in [0, 0.05) is 6.42 Å². The van der Waals surface area contributed by atoms with Crippen molar-refractivity contribution in [3.8, 4) is 5.75 Å². The summed E-state index contributed by atoms with van der Waals surface area (Å²) in [5.74, 6) is 0.667. The summed E-state index contributed by atoms with van der Waals surface area (Å²) < 4.78 is 68.1. The number of nitrogens with zero attached hydrogens (tertiary/aromatic N) is 2. The second-order valence-electron chi connectivity index (χ2n) is 7.50. The molecule has 1 atom stereocenters. The molecule has 0 fully saturated rings. The number of primary sulfonamides is 1. The number of halogens is 3. The Morgan fingerprint density at radius 1 is 1.03 bits per heavy atom. The second kappa shape index (κ2) is 8.53. The molecule has 0 aromatic heterocycles. The lowest BCUT2D eigenvalue weighted by Crippen LogP contribution is -2.19. The van der Waals surface area contributed by atoms with Crippen molar-refractivity contribution < 1.29 is 26.3 Å². The summed E-state index contributed by atoms with van der Waals surface area (Å²) in [6.07, 6.45) is -4.11. The highest BCUT2D eigenvalue weighted by molar-refractivity contribution is 7.89. The molecule has 10 heteroatoms. The minimum atomic E-state index is -4.46. The van der Waals surface area contributed by atoms with Crippen molar-refractivity contribution >= 4 is 21.4 Å². The maximum atomic E-state index is 13.2. The van der Waals surface area contributed by atoms with Gasteiger partial charge in [-0.3, -0.25) is 5.01 Å². The highest BCUT2D eigenvalue weighted by atomic mass is 32.2. The molecule has 33 heavy (non-hydrogen) atoms. The number of rotatable bonds is 5. The van der Waals surface area contributed by atoms with Crippen LogP contribution in [0.3, 0.4) is 0 Å². The van der Waals surface area contributed by atoms with Crippen LogP contribution in [0, 0.1) is 0 Å². The molecule has 0 amide bonds. The first-order chi connectivity index (χ1) is 15.6. The zero-order chi connectivity index (χ0) is 23.8. The van der Waals surface area contributed by atoms with Gasteiger partial charge in [-0.15, -0.1) is 0 Å². The molecule has 1 heterocycles. The molecule has 6 nitrogen and oxygen atoms in total. The highest BCUT2D eigenvalue weighted by Gasteiger charge is 2.33. The van der Waals surface area contributed by atoms with Crippen LogP contribution in [0.4, 0.5) is 18.9 Å². The number of anilines is 1. The number of nitrogens with two attached hydrogens (primary N) is 1. The molecular weight excluding hydrogens is 455 g/mol. The van der Waals surface area contributed by atoms with E-state index >= 15 is 0 Å². The Balaban J connectivity index is 1.75. The Morgan fingerprint density at radius 3 is 2.27 bits per heavy atom. The van der Waals surface area contributed by atoms with E-state index in [4.69, 9.17) is 9.88 Å². The van der Waals surface area contributed by atoms with E-state index in [1.165, 1.54) is 18.2 Å². The van der Waals surface area contributed by atoms with Crippen LogP contribution in [0.25, 0.3) is 0 Å². The van der Waals surface area contributed by atoms with Crippen LogP contribution in [-0.2, 0) is 16.2 Å². The number of sulfonamides is 1. The maximum absolute atomic E-state index is 13.2. The van der Waals surface area contributed by atoms with Crippen molar-refractivity contribution in [3.05, 3.63) is 89.5 Å². The molecule has 0 radical (unpaired) electrons. The van der Waals surface area contributed by atoms with Crippen LogP contribution in [0.15, 0.2) is 82.8 Å². The summed E-state index contributed by atoms with van der Waals surface area (Å²) in [6.45, 7) is 0. The van der Waals surface area contributed by atoms with Gasteiger partial charge in [-0.05, 0) is 59.7 Å². The predicted molar refractivity (Wildman–Crippen MR) is 119 cm³/mol. The van der Waals surface area contributed by atoms with Crippen molar-refractivity contribution in [1.82, 2.24) is 0 Å². The van der Waals surface area contributed by atoms with Gasteiger partial charge in [-0.25, -0.2) is 13.6 Å². The van der Waals surface area contributed by atoms with E-state index in [0.29, 0.717) is 29.1 Å². The highest BCUT2D eigenvalue weighted by Crippen LogP contribution is 2.38. The summed E-state index contributed by atoms with van der Waals surface area (Å²) in [5, 5.41) is 11.5. The van der Waals surface area contributed by atoms with E-state index in [9.17, 15) is 21.6 Å². The SMILES string of the molecule is COc1ccc(C2CC(c3cccc(C(F)(F)F)c3)=NN2c2ccc(S(N)(=O)=O)cc2)cc1. The molecule has 2 N–H and O–H groups in total. The number of ether oxygens (including phenoxy) is 1. The Hall–Kier alpha value is -3.37. The van der Waals surface area contributed by atoms with Crippen LogP contribution in [0.5, 0.6) is 5.75 Å². The Morgan fingerprint density at radius 2 is 1.70 bits per heavy atom. The van der Waals surface area contributed by atoms with Crippen LogP contribution in [0.1, 0.15) is 29.2 Å². The van der Waals surface area contributed by atoms with Gasteiger partial charge >= 0.3 is 6.18 Å². The van der Waals surface area contributed by atoms with Gasteiger partial charge in [-0.1, -0.05) is 24.3 Å². The zero-order valence-electron chi connectivity index (χ0n) is 17.5. The number of benzene rings is 3. The number of hydrogen-bond acceptors (Lipinski definition) is 5. The number of hydrazone groups is 1. The largest absolute Gasteiger partial charge is 0.497 e. The molecule has 0 bridgehead atoms. The average Bonchev–Trinajstić information content (AvgIpc) is 3.24. The molecule has 0 aliphatic carbocycles. The smallest absolute Gasteiger partial charge is 0.416 e. The summed E-state index contributed by atoms with van der Waals surface area (Å²) >= 11 is 0. The summed E-state index contributed by atoms with van der Waals surface area (Å²) in [5.41, 5.74) is 1.55. The molecule has 172 valence electrons. The van der Waals surface area contributed by atoms with E-state index < -0.39 is 21.8 Å². The quantitative estimate of drug-likeness (QED) is 0.579. The van der Waals surface area contributed by atoms with E-state index in [1.54, 1.807) is 42.5 Å². The molecule has 3 aromatic carbocycles. The van der Waals surface area contributed by atoms with Crippen LogP contribution in [-0.4, -0.2) is 21.2 Å². The molecule has 1 unspecified atom stereocenters. The minimum Gasteiger partial charge on any atom is -0.497 e. The van der Waals surface area contributed by atoms with Gasteiger partial charge in [0.05, 0.1) is 35.0 Å². The van der Waals surface area contributed by atoms with Gasteiger partial charge in [-0.2, -0.15) is 18.3 Å². The summed E-state index contributed by atoms with van der Waals surface area (Å²) in [7, 11) is -2.31. The van der Waals surface area contributed by atoms with Gasteiger partial charge in [0.1, 0.15) is 5.75 Å². The van der Waals surface area contributed by atoms with Gasteiger partial charge < -0.3 is 4.74 Å². The van der Waals surface area contributed by atoms with Crippen LogP contribution < -0.4 is 14.9 Å². The molecule has 0 saturated carbocycles. The zero-order valence-corrected chi connectivity index (χ0v) is 18.3. The monoisotopic (exact) mass is 475 g/mol. The standard InChI is InChI=1S/C23H20F3N3O3S/c1-32-19-9-5-15(6-10-19)22-14-21(16-3-2-4-17(13-16)23(24,25)26)28-29(22)18-7-11-20(12-8-18)33(27,30)31/h2-13,22H,14H2,1H3,(H2,27,30,31). The molecule has 3 aromatic rings. The van der Waals surface area contributed by atoms with E-state index in [2.05, 4.69) is 5.10 Å². The molecule has 4 rings (SSSR count). The van der Waals surface area contributed by atoms with Gasteiger partial charge in [0.2, 0.25) is 10.0 Å². The fourth-order valence-electron chi connectivity index (χ4n) is 3.67. The maximum Gasteiger partial charge on any atom is 0.416 e. The van der Waals surface area contributed by atoms with Crippen molar-refractivity contribution in [2.45, 2.75) is 23.5 Å². The molecule has 1 aliphatic rings. The fourth-order valence-corrected chi connectivity index (χ4v) is 4.19. The third-order valence-electron chi connectivity index (χ3n) is 5.36. The van der Waals surface area contributed by atoms with Crippen LogP contribution in [0.2, 0.25) is 0 Å². The second-order valence-corrected chi connectivity index (χ2v) is 9.06. The molecule has 0 saturated heterocycles. The lowest BCUT2D eigenvalue weighted by molar-refractivity contribution is -0.137. The number of hydrogen-bond donors (Lipinski definition) is 1. The van der Waals surface area contributed by atoms with Crippen molar-refractivity contribution in [2.75, 3.05) is 12.1 Å². The molecular formula is C23H20F3N3O3S. The number of alkyl halides is 3. The van der Waals surface area contributed by atoms with E-state index in [1.807, 2.05) is 12.1 Å². The lowest BCUT2D eigenvalue weighted by Gasteiger charge is -2.24. The Kier molecular flexibility index (Phi) is 5.89. The number of methoxy groups -OCH3 is 1.